The third-order valence-corrected chi connectivity index (χ3v) is 6.57. The summed E-state index contributed by atoms with van der Waals surface area (Å²) in [5, 5.41) is 13.9. The van der Waals surface area contributed by atoms with Crippen molar-refractivity contribution in [1.82, 2.24) is 10.2 Å². The third-order valence-electron chi connectivity index (χ3n) is 6.57. The van der Waals surface area contributed by atoms with Crippen LogP contribution in [0.5, 0.6) is 5.75 Å². The van der Waals surface area contributed by atoms with Crippen LogP contribution >= 0.6 is 0 Å². The molecule has 0 aromatic heterocycles. The first-order chi connectivity index (χ1) is 14.5. The molecule has 1 saturated carbocycles. The summed E-state index contributed by atoms with van der Waals surface area (Å²) in [4.78, 5) is 27.7. The average Bonchev–Trinajstić information content (AvgIpc) is 2.92. The quantitative estimate of drug-likeness (QED) is 0.757. The predicted octanol–water partition coefficient (Wildman–Crippen LogP) is 3.74. The lowest BCUT2D eigenvalue weighted by atomic mass is 9.75. The van der Waals surface area contributed by atoms with Gasteiger partial charge in [0.2, 0.25) is 0 Å². The fraction of sp³-hybridized carbons (Fsp3) is 0.667. The molecule has 172 valence electrons. The maximum atomic E-state index is 13.2. The fourth-order valence-corrected chi connectivity index (χ4v) is 4.98. The Morgan fingerprint density at radius 2 is 1.97 bits per heavy atom. The van der Waals surface area contributed by atoms with E-state index in [1.807, 2.05) is 20.8 Å². The predicted molar refractivity (Wildman–Crippen MR) is 118 cm³/mol. The fourth-order valence-electron chi connectivity index (χ4n) is 4.98. The normalized spacial score (nSPS) is 28.5. The molecule has 1 saturated heterocycles. The van der Waals surface area contributed by atoms with Crippen molar-refractivity contribution in [3.05, 3.63) is 29.8 Å². The van der Waals surface area contributed by atoms with Crippen molar-refractivity contribution in [3.63, 3.8) is 0 Å². The van der Waals surface area contributed by atoms with E-state index in [-0.39, 0.29) is 24.1 Å². The number of fused-ring (bicyclic) bond motifs is 1. The summed E-state index contributed by atoms with van der Waals surface area (Å²) in [5.74, 6) is 0.391. The molecule has 0 bridgehead atoms. The molecule has 0 unspecified atom stereocenters. The number of aliphatic hydroxyl groups excluding tert-OH is 1. The second-order valence-corrected chi connectivity index (χ2v) is 10.0. The molecule has 3 rings (SSSR count). The van der Waals surface area contributed by atoms with Crippen LogP contribution in [0.2, 0.25) is 0 Å². The Hall–Kier alpha value is -2.28. The van der Waals surface area contributed by atoms with E-state index in [4.69, 9.17) is 9.47 Å². The first-order valence-electron chi connectivity index (χ1n) is 11.2. The largest absolute Gasteiger partial charge is 0.497 e. The van der Waals surface area contributed by atoms with Crippen LogP contribution in [0.3, 0.4) is 0 Å². The molecule has 1 aromatic rings. The second kappa shape index (κ2) is 9.07. The van der Waals surface area contributed by atoms with E-state index < -0.39 is 17.1 Å². The Morgan fingerprint density at radius 3 is 2.65 bits per heavy atom. The van der Waals surface area contributed by atoms with Crippen LogP contribution in [0.15, 0.2) is 24.3 Å². The number of methoxy groups -OCH3 is 1. The zero-order valence-electron chi connectivity index (χ0n) is 19.3. The van der Waals surface area contributed by atoms with Crippen molar-refractivity contribution < 1.29 is 24.2 Å². The molecule has 1 aromatic carbocycles. The Kier molecular flexibility index (Phi) is 6.84. The standard InChI is InChI=1S/C24H36N2O5/c1-23(2,3)31-22(29)26-17(14-24(4)19(26)11-6-7-12-20(24)27)15-25-21(28)16-9-8-10-18(13-16)30-5/h8-10,13,17,19-20,27H,6-7,11-12,14-15H2,1-5H3,(H,25,28)/t17-,19-,20+,24-/m1/s1. The van der Waals surface area contributed by atoms with Gasteiger partial charge in [0.1, 0.15) is 11.4 Å². The minimum absolute atomic E-state index is 0.112. The van der Waals surface area contributed by atoms with Crippen LogP contribution in [-0.2, 0) is 4.74 Å². The highest BCUT2D eigenvalue weighted by molar-refractivity contribution is 5.94. The number of hydrogen-bond acceptors (Lipinski definition) is 5. The Labute approximate surface area is 185 Å². The van der Waals surface area contributed by atoms with Gasteiger partial charge in [-0.25, -0.2) is 4.79 Å². The van der Waals surface area contributed by atoms with E-state index in [0.29, 0.717) is 24.3 Å². The minimum Gasteiger partial charge on any atom is -0.497 e. The van der Waals surface area contributed by atoms with Crippen molar-refractivity contribution in [2.45, 2.75) is 83.6 Å². The summed E-state index contributed by atoms with van der Waals surface area (Å²) in [6.45, 7) is 7.91. The number of likely N-dealkylation sites (tertiary alicyclic amines) is 1. The van der Waals surface area contributed by atoms with Gasteiger partial charge in [0.25, 0.3) is 5.91 Å². The van der Waals surface area contributed by atoms with Gasteiger partial charge in [-0.3, -0.25) is 9.69 Å². The molecule has 2 aliphatic rings. The number of rotatable bonds is 4. The number of carbonyl (C=O) groups excluding carboxylic acids is 2. The van der Waals surface area contributed by atoms with E-state index in [1.54, 1.807) is 36.3 Å². The van der Waals surface area contributed by atoms with Gasteiger partial charge in [-0.15, -0.1) is 0 Å². The van der Waals surface area contributed by atoms with Gasteiger partial charge in [-0.1, -0.05) is 25.8 Å². The van der Waals surface area contributed by atoms with Crippen LogP contribution in [0.25, 0.3) is 0 Å². The van der Waals surface area contributed by atoms with Crippen LogP contribution in [0.4, 0.5) is 4.79 Å². The van der Waals surface area contributed by atoms with Gasteiger partial charge < -0.3 is 19.9 Å². The van der Waals surface area contributed by atoms with Crippen LogP contribution in [0.1, 0.15) is 70.2 Å². The lowest BCUT2D eigenvalue weighted by molar-refractivity contribution is -0.00901. The smallest absolute Gasteiger partial charge is 0.410 e. The molecule has 7 heteroatoms. The van der Waals surface area contributed by atoms with Gasteiger partial charge in [-0.05, 0) is 58.2 Å². The molecular formula is C24H36N2O5. The number of amides is 2. The first kappa shape index (κ1) is 23.4. The number of ether oxygens (including phenoxy) is 2. The summed E-state index contributed by atoms with van der Waals surface area (Å²) in [6.07, 6.45) is 3.23. The molecule has 2 N–H and O–H groups in total. The molecule has 1 aliphatic heterocycles. The summed E-state index contributed by atoms with van der Waals surface area (Å²) < 4.78 is 10.9. The van der Waals surface area contributed by atoms with Crippen LogP contribution < -0.4 is 10.1 Å². The Morgan fingerprint density at radius 1 is 1.26 bits per heavy atom. The summed E-state index contributed by atoms with van der Waals surface area (Å²) in [5.41, 5.74) is -0.534. The lowest BCUT2D eigenvalue weighted by Gasteiger charge is -2.37. The Bertz CT molecular complexity index is 805. The summed E-state index contributed by atoms with van der Waals surface area (Å²) in [7, 11) is 1.56. The van der Waals surface area contributed by atoms with Gasteiger partial charge in [-0.2, -0.15) is 0 Å². The first-order valence-corrected chi connectivity index (χ1v) is 11.2. The molecule has 1 aliphatic carbocycles. The molecule has 31 heavy (non-hydrogen) atoms. The number of nitrogens with one attached hydrogen (secondary N) is 1. The molecule has 0 spiro atoms. The van der Waals surface area contributed by atoms with E-state index in [1.165, 1.54) is 0 Å². The average molecular weight is 433 g/mol. The van der Waals surface area contributed by atoms with Gasteiger partial charge in [0.05, 0.1) is 19.3 Å². The van der Waals surface area contributed by atoms with Gasteiger partial charge in [0.15, 0.2) is 0 Å². The zero-order chi connectivity index (χ0) is 22.8. The van der Waals surface area contributed by atoms with E-state index in [0.717, 1.165) is 25.7 Å². The highest BCUT2D eigenvalue weighted by Crippen LogP contribution is 2.48. The van der Waals surface area contributed by atoms with Crippen molar-refractivity contribution in [1.29, 1.82) is 0 Å². The van der Waals surface area contributed by atoms with Gasteiger partial charge in [0, 0.05) is 23.6 Å². The van der Waals surface area contributed by atoms with Gasteiger partial charge >= 0.3 is 6.09 Å². The summed E-state index contributed by atoms with van der Waals surface area (Å²) in [6, 6.07) is 6.61. The molecule has 2 amide bonds. The highest BCUT2D eigenvalue weighted by atomic mass is 16.6. The summed E-state index contributed by atoms with van der Waals surface area (Å²) >= 11 is 0. The SMILES string of the molecule is COc1cccc(C(=O)NC[C@H]2C[C@@]3(C)[C@@H](O)CCCC[C@H]3N2C(=O)OC(C)(C)C)c1. The molecule has 4 atom stereocenters. The van der Waals surface area contributed by atoms with E-state index in [2.05, 4.69) is 12.2 Å². The maximum Gasteiger partial charge on any atom is 0.410 e. The molecule has 1 heterocycles. The van der Waals surface area contributed by atoms with E-state index >= 15 is 0 Å². The number of aliphatic hydroxyl groups is 1. The van der Waals surface area contributed by atoms with Crippen molar-refractivity contribution in [2.75, 3.05) is 13.7 Å². The second-order valence-electron chi connectivity index (χ2n) is 10.0. The number of carbonyl (C=O) groups is 2. The van der Waals surface area contributed by atoms with Crippen LogP contribution in [-0.4, -0.2) is 59.5 Å². The maximum absolute atomic E-state index is 13.2. The molecule has 0 radical (unpaired) electrons. The number of hydrogen-bond donors (Lipinski definition) is 2. The highest BCUT2D eigenvalue weighted by Gasteiger charge is 2.55. The monoisotopic (exact) mass is 432 g/mol. The Balaban J connectivity index is 1.80. The van der Waals surface area contributed by atoms with E-state index in [9.17, 15) is 14.7 Å². The molecular weight excluding hydrogens is 396 g/mol. The zero-order valence-corrected chi connectivity index (χ0v) is 19.3. The lowest BCUT2D eigenvalue weighted by Crippen LogP contribution is -2.50. The van der Waals surface area contributed by atoms with Crippen molar-refractivity contribution in [2.24, 2.45) is 5.41 Å². The number of nitrogens with zero attached hydrogens (tertiary/aromatic N) is 1. The minimum atomic E-state index is -0.617. The van der Waals surface area contributed by atoms with Crippen molar-refractivity contribution in [3.8, 4) is 5.75 Å². The molecule has 7 nitrogen and oxygen atoms in total. The van der Waals surface area contributed by atoms with Crippen molar-refractivity contribution >= 4 is 12.0 Å². The number of benzene rings is 1. The topological polar surface area (TPSA) is 88.1 Å². The third kappa shape index (κ3) is 5.14. The molecule has 2 fully saturated rings. The van der Waals surface area contributed by atoms with Crippen LogP contribution in [0, 0.1) is 5.41 Å².